The molecular weight excluding hydrogens is 2020 g/mol. The second-order valence-corrected chi connectivity index (χ2v) is 40.4. The molecule has 0 aliphatic carbocycles. The van der Waals surface area contributed by atoms with E-state index in [9.17, 15) is 87.8 Å². The molecule has 0 bridgehead atoms. The van der Waals surface area contributed by atoms with Crippen molar-refractivity contribution in [2.75, 3.05) is 0 Å². The van der Waals surface area contributed by atoms with Gasteiger partial charge in [-0.15, -0.1) is 114 Å². The number of thiazole rings is 2. The summed E-state index contributed by atoms with van der Waals surface area (Å²) in [4.78, 5) is 9.00. The molecule has 45 heteroatoms. The molecule has 0 saturated heterocycles. The number of hydrogen-bond donors (Lipinski definition) is 0. The number of hydrogen-bond acceptors (Lipinski definition) is 20. The van der Waals surface area contributed by atoms with Gasteiger partial charge in [-0.1, -0.05) is 196 Å². The largest absolute Gasteiger partial charge is 0.434 e. The van der Waals surface area contributed by atoms with E-state index in [1.165, 1.54) is 91.9 Å². The maximum absolute atomic E-state index is 14.0. The van der Waals surface area contributed by atoms with E-state index in [0.717, 1.165) is 101 Å². The Kier molecular flexibility index (Phi) is 40.4. The lowest BCUT2D eigenvalue weighted by molar-refractivity contribution is -0.141. The normalized spacial score (nSPS) is 11.6. The molecule has 7 aromatic carbocycles. The minimum atomic E-state index is -4.68. The van der Waals surface area contributed by atoms with E-state index in [2.05, 4.69) is 74.8 Å². The third kappa shape index (κ3) is 32.3. The smallest absolute Gasteiger partial charge is 0.427 e. The molecular formula is C88H79Cl5F20N12OS7. The Morgan fingerprint density at radius 3 is 1.16 bits per heavy atom. The van der Waals surface area contributed by atoms with Crippen LogP contribution in [0.25, 0.3) is 0 Å². The van der Waals surface area contributed by atoms with Crippen LogP contribution in [0.15, 0.2) is 109 Å². The molecule has 14 rings (SSSR count). The highest BCUT2D eigenvalue weighted by Crippen LogP contribution is 2.42. The summed E-state index contributed by atoms with van der Waals surface area (Å²) < 4.78 is 267. The second kappa shape index (κ2) is 49.0. The van der Waals surface area contributed by atoms with Crippen LogP contribution >= 0.6 is 137 Å². The van der Waals surface area contributed by atoms with Gasteiger partial charge in [-0.25, -0.2) is 58.3 Å². The van der Waals surface area contributed by atoms with Crippen LogP contribution in [-0.4, -0.2) is 61.0 Å². The summed E-state index contributed by atoms with van der Waals surface area (Å²) >= 11 is 37.4. The maximum atomic E-state index is 14.0. The lowest BCUT2D eigenvalue weighted by Gasteiger charge is -2.11. The zero-order valence-corrected chi connectivity index (χ0v) is 81.8. The van der Waals surface area contributed by atoms with Gasteiger partial charge in [-0.05, 0) is 94.4 Å². The zero-order valence-electron chi connectivity index (χ0n) is 72.3. The van der Waals surface area contributed by atoms with Crippen molar-refractivity contribution in [3.63, 3.8) is 0 Å². The van der Waals surface area contributed by atoms with Crippen LogP contribution in [0.4, 0.5) is 87.8 Å². The molecule has 7 heterocycles. The average Bonchev–Trinajstić information content (AvgIpc) is 1.66. The van der Waals surface area contributed by atoms with E-state index in [-0.39, 0.29) is 92.8 Å². The zero-order chi connectivity index (χ0) is 98.7. The molecule has 0 spiro atoms. The van der Waals surface area contributed by atoms with Gasteiger partial charge in [0.1, 0.15) is 108 Å². The third-order valence-electron chi connectivity index (χ3n) is 17.8. The summed E-state index contributed by atoms with van der Waals surface area (Å²) in [5.41, 5.74) is -2.01. The summed E-state index contributed by atoms with van der Waals surface area (Å²) in [6, 6.07) is 18.4. The first-order valence-electron chi connectivity index (χ1n) is 39.6. The fourth-order valence-electron chi connectivity index (χ4n) is 10.7. The number of alkyl halides is 9. The number of aromatic nitrogens is 12. The van der Waals surface area contributed by atoms with E-state index in [4.69, 9.17) is 62.7 Å². The monoisotopic (exact) mass is 2100 g/mol. The second-order valence-electron chi connectivity index (χ2n) is 30.8. The van der Waals surface area contributed by atoms with Gasteiger partial charge in [0.25, 0.3) is 5.19 Å². The molecule has 0 saturated carbocycles. The maximum Gasteiger partial charge on any atom is 0.434 e. The van der Waals surface area contributed by atoms with E-state index in [1.807, 2.05) is 75.4 Å². The molecule has 0 radical (unpaired) electrons. The molecule has 133 heavy (non-hydrogen) atoms. The van der Waals surface area contributed by atoms with Gasteiger partial charge in [-0.2, -0.15) is 39.5 Å². The molecule has 0 amide bonds. The van der Waals surface area contributed by atoms with Crippen molar-refractivity contribution in [1.82, 2.24) is 61.0 Å². The van der Waals surface area contributed by atoms with Gasteiger partial charge in [0.05, 0.1) is 36.2 Å². The molecule has 13 nitrogen and oxygen atoms in total. The summed E-state index contributed by atoms with van der Waals surface area (Å²) in [7, 11) is 0. The quantitative estimate of drug-likeness (QED) is 0.0380. The molecule has 0 fully saturated rings. The van der Waals surface area contributed by atoms with Crippen molar-refractivity contribution < 1.29 is 92.5 Å². The Morgan fingerprint density at radius 1 is 0.316 bits per heavy atom. The number of benzene rings is 7. The van der Waals surface area contributed by atoms with Crippen LogP contribution in [0.5, 0.6) is 10.9 Å². The molecule has 0 N–H and O–H groups in total. The lowest BCUT2D eigenvalue weighted by Crippen LogP contribution is -2.09. The van der Waals surface area contributed by atoms with Crippen molar-refractivity contribution >= 4 is 137 Å². The van der Waals surface area contributed by atoms with Crippen molar-refractivity contribution in [2.24, 2.45) is 0 Å². The van der Waals surface area contributed by atoms with Crippen molar-refractivity contribution in [3.8, 4) is 10.9 Å². The standard InChI is InChI=1S/C14H12F5NS.2C13H11ClF4N2S.C13H13F2NS.C12H11Cl2FN2S.C12H11ClF2N2S.C11H10F2N2OS/c1-7(2)13-20-12(14(17,18)19)11(21-13)5-8-3-4-9(15)6-10(8)16;1-6(2)12-20-19-10(21-12)4-7-3-8(13(16,17)18)5-9(14)11(7)15;1-6(2)12-20-19-9(21-12)5-7-3-4-8(13(16,17)18)10(14)11(7)15;1-8(2)12-7-16-13(17-12)5-9-3-4-10(14)6-11(9)15;1-6(2)12-17-16-10(18-12)5-7-8(13)3-4-9(14)11(7)15;1-6(2)12-17-16-9(18-12)5-7-3-4-8(14)10(13)11(7)15;1-6(2)10-14-15-11(17-10)16-9-4-3-7(12)5-8(9)13/h3-4,6-7H,5H2,1-2H3;3,5-6H,4H2,1-2H3;3-4,6H,5H2,1-2H3;3-4,6-8H,5H2,1-2H3;2*3-4,6H,5H2,1-2H3;3-6H,1-2H3. The topological polar surface area (TPSA) is 164 Å². The summed E-state index contributed by atoms with van der Waals surface area (Å²) in [6.07, 6.45) is -11.3. The number of nitrogens with zero attached hydrogens (tertiary/aromatic N) is 12. The fraction of sp³-hybridized carbons (Fsp3) is 0.341. The highest BCUT2D eigenvalue weighted by Gasteiger charge is 2.39. The van der Waals surface area contributed by atoms with Crippen LogP contribution in [0.1, 0.15) is 253 Å². The van der Waals surface area contributed by atoms with E-state index in [1.54, 1.807) is 31.3 Å². The van der Waals surface area contributed by atoms with Crippen LogP contribution in [-0.2, 0) is 57.1 Å². The minimum Gasteiger partial charge on any atom is -0.427 e. The van der Waals surface area contributed by atoms with Crippen LogP contribution in [0.3, 0.4) is 0 Å². The predicted octanol–water partition coefficient (Wildman–Crippen LogP) is 32.0. The van der Waals surface area contributed by atoms with Gasteiger partial charge in [0.15, 0.2) is 17.3 Å². The Hall–Kier alpha value is -8.55. The molecule has 0 atom stereocenters. The Balaban J connectivity index is 0.000000191. The van der Waals surface area contributed by atoms with Gasteiger partial charge in [-0.3, -0.25) is 0 Å². The molecule has 0 aliphatic heterocycles. The Labute approximate surface area is 804 Å². The van der Waals surface area contributed by atoms with E-state index < -0.39 is 114 Å². The predicted molar refractivity (Wildman–Crippen MR) is 484 cm³/mol. The van der Waals surface area contributed by atoms with Crippen LogP contribution in [0.2, 0.25) is 25.1 Å². The summed E-state index contributed by atoms with van der Waals surface area (Å²) in [6.45, 7) is 27.4. The molecule has 0 aliphatic rings. The first-order chi connectivity index (χ1) is 62.1. The number of halogens is 25. The van der Waals surface area contributed by atoms with E-state index in [0.29, 0.717) is 78.6 Å². The Morgan fingerprint density at radius 2 is 0.729 bits per heavy atom. The molecule has 714 valence electrons. The number of rotatable bonds is 21. The average molecular weight is 2100 g/mol. The fourth-order valence-corrected chi connectivity index (χ4v) is 18.0. The van der Waals surface area contributed by atoms with Crippen molar-refractivity contribution in [3.05, 3.63) is 313 Å². The van der Waals surface area contributed by atoms with Gasteiger partial charge >= 0.3 is 18.5 Å². The summed E-state index contributed by atoms with van der Waals surface area (Å²) in [5, 5.41) is 46.0. The first kappa shape index (κ1) is 110. The minimum absolute atomic E-state index is 0.0147. The lowest BCUT2D eigenvalue weighted by atomic mass is 10.1. The van der Waals surface area contributed by atoms with Crippen molar-refractivity contribution in [2.45, 2.75) is 195 Å². The highest BCUT2D eigenvalue weighted by molar-refractivity contribution is 7.13. The third-order valence-corrected chi connectivity index (χ3v) is 28.0. The van der Waals surface area contributed by atoms with Crippen LogP contribution < -0.4 is 4.74 Å². The molecule has 14 aromatic rings. The SMILES string of the molecule is CC(C)c1cnc(Cc2ccc(F)cc2F)s1.CC(C)c1nc(C(F)(F)F)c(Cc2ccc(F)cc2F)s1.CC(C)c1nnc(Cc2c(Cl)ccc(Cl)c2F)s1.CC(C)c1nnc(Cc2cc(C(F)(F)F)cc(Cl)c2F)s1.CC(C)c1nnc(Cc2ccc(C(F)(F)F)c(Cl)c2F)s1.CC(C)c1nnc(Cc2ccc(F)c(Cl)c2F)s1.CC(C)c1nnc(Oc2ccc(F)cc2F)s1. The van der Waals surface area contributed by atoms with Gasteiger partial charge in [0.2, 0.25) is 0 Å². The summed E-state index contributed by atoms with van der Waals surface area (Å²) in [5.74, 6) is -6.54. The van der Waals surface area contributed by atoms with E-state index >= 15 is 0 Å². The van der Waals surface area contributed by atoms with Gasteiger partial charge in [0, 0.05) is 119 Å². The van der Waals surface area contributed by atoms with Crippen molar-refractivity contribution in [1.29, 1.82) is 0 Å². The molecule has 7 aromatic heterocycles. The molecule has 0 unspecified atom stereocenters. The van der Waals surface area contributed by atoms with Crippen LogP contribution in [0, 0.1) is 64.0 Å². The highest BCUT2D eigenvalue weighted by atomic mass is 35.5. The first-order valence-corrected chi connectivity index (χ1v) is 47.2. The number of ether oxygens (including phenoxy) is 1. The van der Waals surface area contributed by atoms with Gasteiger partial charge < -0.3 is 4.74 Å². The Bertz CT molecular complexity index is 6110.